The van der Waals surface area contributed by atoms with E-state index in [2.05, 4.69) is 42.3 Å². The van der Waals surface area contributed by atoms with Gasteiger partial charge in [-0.25, -0.2) is 18.5 Å². The predicted molar refractivity (Wildman–Crippen MR) is 118 cm³/mol. The highest BCUT2D eigenvalue weighted by molar-refractivity contribution is 7.99. The van der Waals surface area contributed by atoms with Crippen molar-refractivity contribution in [3.63, 3.8) is 0 Å². The average molecular weight is 445 g/mol. The van der Waals surface area contributed by atoms with E-state index >= 15 is 0 Å². The van der Waals surface area contributed by atoms with Crippen LogP contribution in [0.15, 0.2) is 64.9 Å². The van der Waals surface area contributed by atoms with Crippen molar-refractivity contribution in [1.29, 1.82) is 0 Å². The molecule has 1 amide bonds. The molecule has 0 aliphatic heterocycles. The topological polar surface area (TPSA) is 107 Å². The second-order valence-corrected chi connectivity index (χ2v) is 9.51. The number of benzene rings is 2. The first-order valence-electron chi connectivity index (χ1n) is 9.35. The van der Waals surface area contributed by atoms with E-state index in [-0.39, 0.29) is 16.6 Å². The Hall–Kier alpha value is -2.62. The van der Waals surface area contributed by atoms with Crippen LogP contribution in [0.2, 0.25) is 0 Å². The molecule has 0 saturated carbocycles. The molecule has 0 bridgehead atoms. The molecule has 9 heteroatoms. The zero-order chi connectivity index (χ0) is 21.7. The SMILES string of the molecule is Cc1cc(C)cc(-n2ccnc2SCC(=O)NCCc2ccc(S(N)(=O)=O)cc2)c1. The molecule has 0 aliphatic rings. The lowest BCUT2D eigenvalue weighted by molar-refractivity contribution is -0.118. The number of aryl methyl sites for hydroxylation is 2. The standard InChI is InChI=1S/C21H24N4O3S2/c1-15-11-16(2)13-18(12-15)25-10-9-24-21(25)29-14-20(26)23-8-7-17-3-5-19(6-4-17)30(22,27)28/h3-6,9-13H,7-8,14H2,1-2H3,(H,23,26)(H2,22,27,28). The van der Waals surface area contributed by atoms with Gasteiger partial charge in [0.15, 0.2) is 5.16 Å². The van der Waals surface area contributed by atoms with Crippen molar-refractivity contribution < 1.29 is 13.2 Å². The maximum absolute atomic E-state index is 12.2. The molecule has 0 unspecified atom stereocenters. The molecular formula is C21H24N4O3S2. The number of nitrogens with one attached hydrogen (secondary N) is 1. The van der Waals surface area contributed by atoms with E-state index < -0.39 is 10.0 Å². The minimum absolute atomic E-state index is 0.0750. The van der Waals surface area contributed by atoms with Crippen molar-refractivity contribution in [2.45, 2.75) is 30.3 Å². The fourth-order valence-electron chi connectivity index (χ4n) is 3.06. The van der Waals surface area contributed by atoms with Crippen LogP contribution in [0.5, 0.6) is 0 Å². The number of nitrogens with two attached hydrogens (primary N) is 1. The van der Waals surface area contributed by atoms with Gasteiger partial charge >= 0.3 is 0 Å². The van der Waals surface area contributed by atoms with Crippen molar-refractivity contribution in [3.8, 4) is 5.69 Å². The van der Waals surface area contributed by atoms with E-state index in [0.717, 1.165) is 16.4 Å². The quantitative estimate of drug-likeness (QED) is 0.519. The lowest BCUT2D eigenvalue weighted by Gasteiger charge is -2.10. The molecule has 2 aromatic carbocycles. The van der Waals surface area contributed by atoms with Gasteiger partial charge in [0.2, 0.25) is 15.9 Å². The summed E-state index contributed by atoms with van der Waals surface area (Å²) in [6.45, 7) is 4.56. The van der Waals surface area contributed by atoms with Gasteiger partial charge in [-0.3, -0.25) is 9.36 Å². The van der Waals surface area contributed by atoms with Crippen molar-refractivity contribution in [3.05, 3.63) is 71.5 Å². The molecule has 0 radical (unpaired) electrons. The molecule has 0 aliphatic carbocycles. The number of sulfonamides is 1. The highest BCUT2D eigenvalue weighted by Crippen LogP contribution is 2.22. The largest absolute Gasteiger partial charge is 0.355 e. The van der Waals surface area contributed by atoms with Gasteiger partial charge in [-0.2, -0.15) is 0 Å². The highest BCUT2D eigenvalue weighted by Gasteiger charge is 2.10. The van der Waals surface area contributed by atoms with Crippen molar-refractivity contribution >= 4 is 27.7 Å². The first-order chi connectivity index (χ1) is 14.2. The Morgan fingerprint density at radius 2 is 1.80 bits per heavy atom. The van der Waals surface area contributed by atoms with Crippen molar-refractivity contribution in [2.75, 3.05) is 12.3 Å². The normalized spacial score (nSPS) is 11.4. The lowest BCUT2D eigenvalue weighted by atomic mass is 10.1. The first kappa shape index (κ1) is 22.1. The fourth-order valence-corrected chi connectivity index (χ4v) is 4.37. The molecule has 3 rings (SSSR count). The minimum atomic E-state index is -3.69. The summed E-state index contributed by atoms with van der Waals surface area (Å²) >= 11 is 1.38. The molecule has 3 aromatic rings. The smallest absolute Gasteiger partial charge is 0.238 e. The molecule has 0 saturated heterocycles. The van der Waals surface area contributed by atoms with E-state index in [1.807, 2.05) is 10.8 Å². The van der Waals surface area contributed by atoms with Crippen molar-refractivity contribution in [2.24, 2.45) is 5.14 Å². The Morgan fingerprint density at radius 3 is 2.43 bits per heavy atom. The van der Waals surface area contributed by atoms with Gasteiger partial charge in [0.05, 0.1) is 10.6 Å². The molecule has 30 heavy (non-hydrogen) atoms. The summed E-state index contributed by atoms with van der Waals surface area (Å²) < 4.78 is 24.5. The summed E-state index contributed by atoms with van der Waals surface area (Å²) in [5.74, 6) is 0.169. The fraction of sp³-hybridized carbons (Fsp3) is 0.238. The number of hydrogen-bond acceptors (Lipinski definition) is 5. The minimum Gasteiger partial charge on any atom is -0.355 e. The van der Waals surface area contributed by atoms with Crippen LogP contribution in [0.4, 0.5) is 0 Å². The van der Waals surface area contributed by atoms with Crippen LogP contribution in [-0.2, 0) is 21.2 Å². The van der Waals surface area contributed by atoms with E-state index in [0.29, 0.717) is 13.0 Å². The molecule has 1 aromatic heterocycles. The molecule has 158 valence electrons. The number of aromatic nitrogens is 2. The van der Waals surface area contributed by atoms with Crippen LogP contribution in [0.25, 0.3) is 5.69 Å². The maximum atomic E-state index is 12.2. The lowest BCUT2D eigenvalue weighted by Crippen LogP contribution is -2.27. The summed E-state index contributed by atoms with van der Waals surface area (Å²) in [5, 5.41) is 8.72. The Balaban J connectivity index is 1.50. The zero-order valence-electron chi connectivity index (χ0n) is 16.8. The molecule has 3 N–H and O–H groups in total. The van der Waals surface area contributed by atoms with Crippen LogP contribution in [0.3, 0.4) is 0 Å². The first-order valence-corrected chi connectivity index (χ1v) is 11.9. The predicted octanol–water partition coefficient (Wildman–Crippen LogP) is 2.59. The van der Waals surface area contributed by atoms with E-state index in [1.54, 1.807) is 18.3 Å². The van der Waals surface area contributed by atoms with Crippen LogP contribution in [0.1, 0.15) is 16.7 Å². The Kier molecular flexibility index (Phi) is 6.96. The number of amides is 1. The Bertz CT molecular complexity index is 1120. The van der Waals surface area contributed by atoms with Crippen LogP contribution >= 0.6 is 11.8 Å². The summed E-state index contributed by atoms with van der Waals surface area (Å²) in [5.41, 5.74) is 4.28. The highest BCUT2D eigenvalue weighted by atomic mass is 32.2. The second-order valence-electron chi connectivity index (χ2n) is 7.00. The number of imidazole rings is 1. The maximum Gasteiger partial charge on any atom is 0.238 e. The number of carbonyl (C=O) groups excluding carboxylic acids is 1. The molecule has 0 fully saturated rings. The monoisotopic (exact) mass is 444 g/mol. The summed E-state index contributed by atoms with van der Waals surface area (Å²) in [7, 11) is -3.69. The van der Waals surface area contributed by atoms with Gasteiger partial charge < -0.3 is 5.32 Å². The number of rotatable bonds is 8. The van der Waals surface area contributed by atoms with Gasteiger partial charge in [0, 0.05) is 24.6 Å². The Labute approximate surface area is 180 Å². The third-order valence-electron chi connectivity index (χ3n) is 4.41. The number of carbonyl (C=O) groups is 1. The van der Waals surface area contributed by atoms with Gasteiger partial charge in [0.1, 0.15) is 0 Å². The number of hydrogen-bond donors (Lipinski definition) is 2. The summed E-state index contributed by atoms with van der Waals surface area (Å²) in [4.78, 5) is 16.6. The van der Waals surface area contributed by atoms with Crippen LogP contribution in [-0.4, -0.2) is 36.2 Å². The third kappa shape index (κ3) is 5.94. The molecule has 0 spiro atoms. The van der Waals surface area contributed by atoms with E-state index in [4.69, 9.17) is 5.14 Å². The van der Waals surface area contributed by atoms with Gasteiger partial charge in [-0.1, -0.05) is 30.0 Å². The molecule has 0 atom stereocenters. The van der Waals surface area contributed by atoms with Crippen LogP contribution < -0.4 is 10.5 Å². The zero-order valence-corrected chi connectivity index (χ0v) is 18.5. The van der Waals surface area contributed by atoms with E-state index in [1.165, 1.54) is 35.0 Å². The van der Waals surface area contributed by atoms with Gasteiger partial charge in [-0.05, 0) is 61.2 Å². The summed E-state index contributed by atoms with van der Waals surface area (Å²) in [6, 6.07) is 12.6. The molecular weight excluding hydrogens is 420 g/mol. The summed E-state index contributed by atoms with van der Waals surface area (Å²) in [6.07, 6.45) is 4.21. The second kappa shape index (κ2) is 9.46. The van der Waals surface area contributed by atoms with Gasteiger partial charge in [-0.15, -0.1) is 0 Å². The number of primary sulfonamides is 1. The van der Waals surface area contributed by atoms with E-state index in [9.17, 15) is 13.2 Å². The van der Waals surface area contributed by atoms with Crippen molar-refractivity contribution in [1.82, 2.24) is 14.9 Å². The average Bonchev–Trinajstić information content (AvgIpc) is 3.14. The van der Waals surface area contributed by atoms with Crippen LogP contribution in [0, 0.1) is 13.8 Å². The molecule has 1 heterocycles. The number of nitrogens with zero attached hydrogens (tertiary/aromatic N) is 2. The van der Waals surface area contributed by atoms with Gasteiger partial charge in [0.25, 0.3) is 0 Å². The number of thioether (sulfide) groups is 1. The third-order valence-corrected chi connectivity index (χ3v) is 6.31. The molecule has 7 nitrogen and oxygen atoms in total. The Morgan fingerprint density at radius 1 is 1.13 bits per heavy atom.